The van der Waals surface area contributed by atoms with Gasteiger partial charge in [0.2, 0.25) is 5.88 Å². The highest BCUT2D eigenvalue weighted by Gasteiger charge is 2.30. The standard InChI is InChI=1S/C23H27N5O4/c1-23(2,3)14-27-18-11-17(12-24-32-13-15-7-5-4-6-8-15)26-28(18)22(31)19(21(27)30)20(29)25-16-9-10-16/h4-8,11-12,16,30H,9-10,13-14H2,1-3H3,(H,25,29). The van der Waals surface area contributed by atoms with Crippen LogP contribution < -0.4 is 10.9 Å². The first-order chi connectivity index (χ1) is 15.2. The number of fused-ring (bicyclic) bond motifs is 1. The molecule has 9 nitrogen and oxygen atoms in total. The lowest BCUT2D eigenvalue weighted by molar-refractivity contribution is 0.0944. The predicted molar refractivity (Wildman–Crippen MR) is 120 cm³/mol. The maximum atomic E-state index is 13.0. The van der Waals surface area contributed by atoms with Gasteiger partial charge in [-0.05, 0) is 23.8 Å². The fourth-order valence-corrected chi connectivity index (χ4v) is 3.33. The van der Waals surface area contributed by atoms with Crippen molar-refractivity contribution in [1.29, 1.82) is 0 Å². The van der Waals surface area contributed by atoms with Crippen LogP contribution in [0, 0.1) is 5.41 Å². The highest BCUT2D eigenvalue weighted by molar-refractivity contribution is 5.96. The molecule has 0 saturated heterocycles. The molecule has 0 atom stereocenters. The number of rotatable bonds is 7. The van der Waals surface area contributed by atoms with Crippen LogP contribution in [0.1, 0.15) is 55.2 Å². The molecule has 0 unspecified atom stereocenters. The highest BCUT2D eigenvalue weighted by Crippen LogP contribution is 2.26. The monoisotopic (exact) mass is 437 g/mol. The summed E-state index contributed by atoms with van der Waals surface area (Å²) in [6.07, 6.45) is 3.14. The van der Waals surface area contributed by atoms with Crippen molar-refractivity contribution in [3.05, 3.63) is 63.6 Å². The van der Waals surface area contributed by atoms with E-state index in [1.165, 1.54) is 6.21 Å². The van der Waals surface area contributed by atoms with Crippen molar-refractivity contribution in [2.24, 2.45) is 10.6 Å². The van der Waals surface area contributed by atoms with Crippen LogP contribution in [0.5, 0.6) is 5.88 Å². The van der Waals surface area contributed by atoms with Gasteiger partial charge in [-0.25, -0.2) is 0 Å². The van der Waals surface area contributed by atoms with Gasteiger partial charge in [0.05, 0.1) is 6.21 Å². The molecule has 4 rings (SSSR count). The summed E-state index contributed by atoms with van der Waals surface area (Å²) < 4.78 is 2.67. The first kappa shape index (κ1) is 21.6. The van der Waals surface area contributed by atoms with Crippen molar-refractivity contribution in [3.63, 3.8) is 0 Å². The van der Waals surface area contributed by atoms with E-state index in [2.05, 4.69) is 15.6 Å². The van der Waals surface area contributed by atoms with E-state index in [1.807, 2.05) is 51.1 Å². The van der Waals surface area contributed by atoms with Gasteiger partial charge in [0, 0.05) is 18.7 Å². The maximum Gasteiger partial charge on any atom is 0.291 e. The van der Waals surface area contributed by atoms with E-state index in [0.29, 0.717) is 24.5 Å². The molecule has 3 aromatic rings. The van der Waals surface area contributed by atoms with E-state index in [4.69, 9.17) is 4.84 Å². The minimum Gasteiger partial charge on any atom is -0.494 e. The van der Waals surface area contributed by atoms with E-state index in [-0.39, 0.29) is 22.9 Å². The number of nitrogens with one attached hydrogen (secondary N) is 1. The summed E-state index contributed by atoms with van der Waals surface area (Å²) in [6.45, 7) is 6.68. The number of amides is 1. The van der Waals surface area contributed by atoms with Gasteiger partial charge in [-0.1, -0.05) is 56.3 Å². The third-order valence-electron chi connectivity index (χ3n) is 4.98. The average molecular weight is 438 g/mol. The summed E-state index contributed by atoms with van der Waals surface area (Å²) in [4.78, 5) is 31.0. The van der Waals surface area contributed by atoms with Crippen molar-refractivity contribution in [2.45, 2.75) is 52.8 Å². The first-order valence-corrected chi connectivity index (χ1v) is 10.6. The number of benzene rings is 1. The van der Waals surface area contributed by atoms with Gasteiger partial charge in [-0.15, -0.1) is 0 Å². The third-order valence-corrected chi connectivity index (χ3v) is 4.98. The molecule has 0 spiro atoms. The van der Waals surface area contributed by atoms with E-state index < -0.39 is 11.5 Å². The highest BCUT2D eigenvalue weighted by atomic mass is 16.6. The molecule has 0 bridgehead atoms. The van der Waals surface area contributed by atoms with Crippen LogP contribution in [-0.4, -0.2) is 37.5 Å². The molecule has 9 heteroatoms. The largest absolute Gasteiger partial charge is 0.494 e. The van der Waals surface area contributed by atoms with E-state index in [1.54, 1.807) is 10.6 Å². The van der Waals surface area contributed by atoms with Gasteiger partial charge in [0.1, 0.15) is 17.9 Å². The molecule has 1 aromatic carbocycles. The minimum atomic E-state index is -0.675. The van der Waals surface area contributed by atoms with Gasteiger partial charge < -0.3 is 15.3 Å². The molecule has 2 aromatic heterocycles. The number of hydrogen-bond acceptors (Lipinski definition) is 6. The van der Waals surface area contributed by atoms with Crippen molar-refractivity contribution >= 4 is 17.8 Å². The topological polar surface area (TPSA) is 110 Å². The molecule has 0 radical (unpaired) electrons. The van der Waals surface area contributed by atoms with Gasteiger partial charge in [0.15, 0.2) is 5.56 Å². The zero-order valence-electron chi connectivity index (χ0n) is 18.4. The number of carbonyl (C=O) groups is 1. The van der Waals surface area contributed by atoms with Crippen LogP contribution in [0.3, 0.4) is 0 Å². The Morgan fingerprint density at radius 3 is 2.69 bits per heavy atom. The molecule has 1 saturated carbocycles. The molecule has 2 heterocycles. The Bertz CT molecular complexity index is 1220. The number of carbonyl (C=O) groups excluding carboxylic acids is 1. The van der Waals surface area contributed by atoms with Crippen LogP contribution in [0.15, 0.2) is 46.3 Å². The normalized spacial score (nSPS) is 14.2. The lowest BCUT2D eigenvalue weighted by Crippen LogP contribution is -2.35. The summed E-state index contributed by atoms with van der Waals surface area (Å²) in [6, 6.07) is 11.3. The van der Waals surface area contributed by atoms with Gasteiger partial charge in [0.25, 0.3) is 11.5 Å². The van der Waals surface area contributed by atoms with E-state index in [0.717, 1.165) is 22.9 Å². The molecule has 2 N–H and O–H groups in total. The molecule has 168 valence electrons. The molecule has 1 aliphatic carbocycles. The molecule has 1 aliphatic rings. The minimum absolute atomic E-state index is 0.0511. The van der Waals surface area contributed by atoms with Gasteiger partial charge in [-0.3, -0.25) is 14.2 Å². The van der Waals surface area contributed by atoms with Crippen molar-refractivity contribution in [3.8, 4) is 5.88 Å². The molecule has 32 heavy (non-hydrogen) atoms. The zero-order valence-corrected chi connectivity index (χ0v) is 18.4. The Balaban J connectivity index is 1.68. The van der Waals surface area contributed by atoms with Crippen LogP contribution in [-0.2, 0) is 18.0 Å². The summed E-state index contributed by atoms with van der Waals surface area (Å²) in [5, 5.41) is 21.9. The number of aromatic hydroxyl groups is 1. The summed E-state index contributed by atoms with van der Waals surface area (Å²) >= 11 is 0. The Morgan fingerprint density at radius 1 is 1.31 bits per heavy atom. The van der Waals surface area contributed by atoms with E-state index in [9.17, 15) is 14.7 Å². The Labute approximate surface area is 185 Å². The second-order valence-electron chi connectivity index (χ2n) is 9.23. The van der Waals surface area contributed by atoms with Crippen LogP contribution in [0.25, 0.3) is 5.65 Å². The number of oxime groups is 1. The molecular formula is C23H27N5O4. The Morgan fingerprint density at radius 2 is 2.03 bits per heavy atom. The maximum absolute atomic E-state index is 13.0. The Hall–Kier alpha value is -3.62. The van der Waals surface area contributed by atoms with Gasteiger partial charge >= 0.3 is 0 Å². The first-order valence-electron chi connectivity index (χ1n) is 10.6. The molecule has 1 fully saturated rings. The second kappa shape index (κ2) is 8.49. The molecular weight excluding hydrogens is 410 g/mol. The fourth-order valence-electron chi connectivity index (χ4n) is 3.33. The molecule has 1 amide bonds. The lowest BCUT2D eigenvalue weighted by Gasteiger charge is -2.23. The zero-order chi connectivity index (χ0) is 22.9. The quantitative estimate of drug-likeness (QED) is 0.436. The molecule has 0 aliphatic heterocycles. The third kappa shape index (κ3) is 4.82. The van der Waals surface area contributed by atoms with Crippen molar-refractivity contribution in [1.82, 2.24) is 19.5 Å². The van der Waals surface area contributed by atoms with Crippen LogP contribution in [0.2, 0.25) is 0 Å². The fraction of sp³-hybridized carbons (Fsp3) is 0.391. The summed E-state index contributed by atoms with van der Waals surface area (Å²) in [5.41, 5.74) is 0.507. The van der Waals surface area contributed by atoms with Crippen molar-refractivity contribution in [2.75, 3.05) is 0 Å². The smallest absolute Gasteiger partial charge is 0.291 e. The van der Waals surface area contributed by atoms with Crippen LogP contribution in [0.4, 0.5) is 0 Å². The SMILES string of the molecule is CC(C)(C)Cn1c(O)c(C(=O)NC2CC2)c(=O)n2nc(C=NOCc3ccccc3)cc12. The lowest BCUT2D eigenvalue weighted by atomic mass is 9.96. The van der Waals surface area contributed by atoms with Crippen LogP contribution >= 0.6 is 0 Å². The average Bonchev–Trinajstić information content (AvgIpc) is 3.44. The second-order valence-corrected chi connectivity index (χ2v) is 9.23. The number of nitrogens with zero attached hydrogens (tertiary/aromatic N) is 4. The van der Waals surface area contributed by atoms with Gasteiger partial charge in [-0.2, -0.15) is 9.61 Å². The number of aromatic nitrogens is 3. The summed E-state index contributed by atoms with van der Waals surface area (Å²) in [7, 11) is 0. The van der Waals surface area contributed by atoms with Crippen molar-refractivity contribution < 1.29 is 14.7 Å². The summed E-state index contributed by atoms with van der Waals surface area (Å²) in [5.74, 6) is -0.948. The van der Waals surface area contributed by atoms with E-state index >= 15 is 0 Å². The Kier molecular flexibility index (Phi) is 5.73. The number of hydrogen-bond donors (Lipinski definition) is 2. The predicted octanol–water partition coefficient (Wildman–Crippen LogP) is 2.69.